The number of nitrogens with two attached hydrogens (primary N) is 1. The van der Waals surface area contributed by atoms with E-state index in [-0.39, 0.29) is 11.2 Å². The molecule has 3 heteroatoms. The maximum atomic E-state index is 13.3. The van der Waals surface area contributed by atoms with Crippen LogP contribution in [0, 0.1) is 18.7 Å². The van der Waals surface area contributed by atoms with Gasteiger partial charge in [-0.05, 0) is 49.5 Å². The first kappa shape index (κ1) is 16.1. The Balaban J connectivity index is 2.53. The highest BCUT2D eigenvalue weighted by Crippen LogP contribution is 2.24. The molecule has 19 heavy (non-hydrogen) atoms. The monoisotopic (exact) mass is 266 g/mol. The Labute approximate surface area is 116 Å². The van der Waals surface area contributed by atoms with Crippen molar-refractivity contribution in [2.45, 2.75) is 39.5 Å². The summed E-state index contributed by atoms with van der Waals surface area (Å²) in [6.07, 6.45) is 1.09. The fraction of sp³-hybridized carbons (Fsp3) is 0.625. The van der Waals surface area contributed by atoms with Crippen molar-refractivity contribution in [2.24, 2.45) is 11.7 Å². The first-order chi connectivity index (χ1) is 8.86. The molecule has 1 unspecified atom stereocenters. The Morgan fingerprint density at radius 3 is 2.63 bits per heavy atom. The summed E-state index contributed by atoms with van der Waals surface area (Å²) in [4.78, 5) is 0. The third kappa shape index (κ3) is 4.92. The molecule has 3 N–H and O–H groups in total. The van der Waals surface area contributed by atoms with Gasteiger partial charge in [-0.15, -0.1) is 0 Å². The normalized spacial score (nSPS) is 13.6. The van der Waals surface area contributed by atoms with E-state index in [4.69, 9.17) is 5.73 Å². The summed E-state index contributed by atoms with van der Waals surface area (Å²) in [6.45, 7) is 10.9. The molecule has 0 amide bonds. The zero-order valence-electron chi connectivity index (χ0n) is 12.6. The summed E-state index contributed by atoms with van der Waals surface area (Å²) in [6, 6.07) is 5.38. The van der Waals surface area contributed by atoms with Gasteiger partial charge in [-0.1, -0.05) is 32.9 Å². The van der Waals surface area contributed by atoms with Crippen molar-refractivity contribution >= 4 is 0 Å². The van der Waals surface area contributed by atoms with Crippen LogP contribution in [0.5, 0.6) is 0 Å². The summed E-state index contributed by atoms with van der Waals surface area (Å²) in [5.41, 5.74) is 7.49. The minimum absolute atomic E-state index is 0.00438. The molecule has 1 atom stereocenters. The molecule has 0 spiro atoms. The van der Waals surface area contributed by atoms with Crippen molar-refractivity contribution in [1.82, 2.24) is 5.32 Å². The highest BCUT2D eigenvalue weighted by Gasteiger charge is 2.20. The second-order valence-electron chi connectivity index (χ2n) is 6.15. The van der Waals surface area contributed by atoms with Crippen molar-refractivity contribution in [1.29, 1.82) is 0 Å². The van der Waals surface area contributed by atoms with Crippen molar-refractivity contribution in [2.75, 3.05) is 19.6 Å². The molecule has 0 heterocycles. The summed E-state index contributed by atoms with van der Waals surface area (Å²) < 4.78 is 13.3. The molecule has 1 aromatic carbocycles. The Morgan fingerprint density at radius 2 is 2.05 bits per heavy atom. The molecule has 0 fully saturated rings. The van der Waals surface area contributed by atoms with E-state index in [0.717, 1.165) is 26.1 Å². The van der Waals surface area contributed by atoms with E-state index >= 15 is 0 Å². The van der Waals surface area contributed by atoms with Crippen LogP contribution in [0.15, 0.2) is 18.2 Å². The predicted octanol–water partition coefficient (Wildman–Crippen LogP) is 2.99. The first-order valence-electron chi connectivity index (χ1n) is 7.04. The van der Waals surface area contributed by atoms with E-state index in [1.165, 1.54) is 5.56 Å². The van der Waals surface area contributed by atoms with E-state index in [1.807, 2.05) is 19.1 Å². The minimum Gasteiger partial charge on any atom is -0.330 e. The summed E-state index contributed by atoms with van der Waals surface area (Å²) in [5.74, 6) is 0.424. The molecule has 0 aromatic heterocycles. The highest BCUT2D eigenvalue weighted by molar-refractivity contribution is 5.29. The van der Waals surface area contributed by atoms with Gasteiger partial charge >= 0.3 is 0 Å². The fourth-order valence-corrected chi connectivity index (χ4v) is 2.03. The van der Waals surface area contributed by atoms with Crippen molar-refractivity contribution in [3.63, 3.8) is 0 Å². The van der Waals surface area contributed by atoms with Gasteiger partial charge in [0.1, 0.15) is 5.82 Å². The van der Waals surface area contributed by atoms with Crippen LogP contribution in [0.1, 0.15) is 38.3 Å². The average molecular weight is 266 g/mol. The van der Waals surface area contributed by atoms with Crippen LogP contribution in [0.25, 0.3) is 0 Å². The van der Waals surface area contributed by atoms with E-state index in [0.29, 0.717) is 11.5 Å². The third-order valence-corrected chi connectivity index (χ3v) is 3.72. The van der Waals surface area contributed by atoms with Gasteiger partial charge in [0, 0.05) is 12.0 Å². The quantitative estimate of drug-likeness (QED) is 0.745. The van der Waals surface area contributed by atoms with E-state index in [9.17, 15) is 4.39 Å². The number of hydrogen-bond acceptors (Lipinski definition) is 2. The van der Waals surface area contributed by atoms with Gasteiger partial charge in [0.05, 0.1) is 0 Å². The third-order valence-electron chi connectivity index (χ3n) is 3.72. The van der Waals surface area contributed by atoms with Crippen molar-refractivity contribution in [3.05, 3.63) is 35.1 Å². The Hall–Kier alpha value is -0.930. The van der Waals surface area contributed by atoms with Gasteiger partial charge in [-0.2, -0.15) is 0 Å². The maximum absolute atomic E-state index is 13.3. The minimum atomic E-state index is -0.135. The van der Waals surface area contributed by atoms with Gasteiger partial charge in [0.25, 0.3) is 0 Å². The maximum Gasteiger partial charge on any atom is 0.126 e. The van der Waals surface area contributed by atoms with Crippen molar-refractivity contribution in [3.8, 4) is 0 Å². The molecule has 0 saturated heterocycles. The van der Waals surface area contributed by atoms with Crippen LogP contribution < -0.4 is 11.1 Å². The van der Waals surface area contributed by atoms with Gasteiger partial charge in [-0.3, -0.25) is 0 Å². The lowest BCUT2D eigenvalue weighted by Gasteiger charge is -2.26. The Kier molecular flexibility index (Phi) is 5.95. The smallest absolute Gasteiger partial charge is 0.126 e. The molecule has 0 aliphatic heterocycles. The number of halogens is 1. The molecule has 0 bridgehead atoms. The molecular weight excluding hydrogens is 239 g/mol. The highest BCUT2D eigenvalue weighted by atomic mass is 19.1. The Morgan fingerprint density at radius 1 is 1.37 bits per heavy atom. The standard InChI is InChI=1S/C16H27FN2/c1-12(10-18)7-8-19-11-16(3,4)14-5-6-15(17)13(2)9-14/h5-6,9,12,19H,7-8,10-11,18H2,1-4H3. The van der Waals surface area contributed by atoms with Crippen LogP contribution in [-0.2, 0) is 5.41 Å². The lowest BCUT2D eigenvalue weighted by molar-refractivity contribution is 0.440. The zero-order valence-corrected chi connectivity index (χ0v) is 12.6. The number of benzene rings is 1. The number of rotatable bonds is 7. The molecule has 1 rings (SSSR count). The zero-order chi connectivity index (χ0) is 14.5. The lowest BCUT2D eigenvalue weighted by atomic mass is 9.84. The lowest BCUT2D eigenvalue weighted by Crippen LogP contribution is -2.34. The molecule has 1 aromatic rings. The Bertz CT molecular complexity index is 402. The summed E-state index contributed by atoms with van der Waals surface area (Å²) in [5, 5.41) is 3.47. The average Bonchev–Trinajstić information content (AvgIpc) is 2.37. The van der Waals surface area contributed by atoms with Gasteiger partial charge in [0.2, 0.25) is 0 Å². The summed E-state index contributed by atoms with van der Waals surface area (Å²) in [7, 11) is 0. The van der Waals surface area contributed by atoms with E-state index in [1.54, 1.807) is 6.07 Å². The molecule has 2 nitrogen and oxygen atoms in total. The molecule has 0 aliphatic rings. The van der Waals surface area contributed by atoms with Crippen LogP contribution in [0.3, 0.4) is 0 Å². The number of aryl methyl sites for hydroxylation is 1. The van der Waals surface area contributed by atoms with Gasteiger partial charge in [0.15, 0.2) is 0 Å². The SMILES string of the molecule is Cc1cc(C(C)(C)CNCCC(C)CN)ccc1F. The van der Waals surface area contributed by atoms with Crippen LogP contribution >= 0.6 is 0 Å². The van der Waals surface area contributed by atoms with Crippen LogP contribution in [0.2, 0.25) is 0 Å². The second kappa shape index (κ2) is 7.01. The van der Waals surface area contributed by atoms with E-state index < -0.39 is 0 Å². The molecule has 0 radical (unpaired) electrons. The molecule has 0 aliphatic carbocycles. The fourth-order valence-electron chi connectivity index (χ4n) is 2.03. The largest absolute Gasteiger partial charge is 0.330 e. The molecule has 108 valence electrons. The molecular formula is C16H27FN2. The molecule has 0 saturated carbocycles. The van der Waals surface area contributed by atoms with E-state index in [2.05, 4.69) is 26.1 Å². The first-order valence-corrected chi connectivity index (χ1v) is 7.04. The number of hydrogen-bond donors (Lipinski definition) is 2. The van der Waals surface area contributed by atoms with Gasteiger partial charge < -0.3 is 11.1 Å². The van der Waals surface area contributed by atoms with Crippen molar-refractivity contribution < 1.29 is 4.39 Å². The second-order valence-corrected chi connectivity index (χ2v) is 6.15. The number of nitrogens with one attached hydrogen (secondary N) is 1. The van der Waals surface area contributed by atoms with Crippen LogP contribution in [-0.4, -0.2) is 19.6 Å². The summed E-state index contributed by atoms with van der Waals surface area (Å²) >= 11 is 0. The van der Waals surface area contributed by atoms with Crippen LogP contribution in [0.4, 0.5) is 4.39 Å². The topological polar surface area (TPSA) is 38.0 Å². The van der Waals surface area contributed by atoms with Gasteiger partial charge in [-0.25, -0.2) is 4.39 Å². The predicted molar refractivity (Wildman–Crippen MR) is 79.9 cm³/mol.